The summed E-state index contributed by atoms with van der Waals surface area (Å²) in [6.45, 7) is 9.36. The van der Waals surface area contributed by atoms with Gasteiger partial charge in [0.1, 0.15) is 5.75 Å². The summed E-state index contributed by atoms with van der Waals surface area (Å²) < 4.78 is 6.40. The van der Waals surface area contributed by atoms with E-state index in [0.29, 0.717) is 17.9 Å². The van der Waals surface area contributed by atoms with Crippen molar-refractivity contribution in [1.82, 2.24) is 20.4 Å². The van der Waals surface area contributed by atoms with Crippen molar-refractivity contribution >= 4 is 11.8 Å². The molecule has 7 heteroatoms. The van der Waals surface area contributed by atoms with Gasteiger partial charge in [-0.15, -0.1) is 0 Å². The lowest BCUT2D eigenvalue weighted by atomic mass is 9.60. The molecule has 2 N–H and O–H groups in total. The molecular weight excluding hydrogens is 392 g/mol. The number of carbonyl (C=O) groups excluding carboxylic acids is 2. The van der Waals surface area contributed by atoms with Gasteiger partial charge in [0.25, 0.3) is 5.91 Å². The van der Waals surface area contributed by atoms with E-state index in [2.05, 4.69) is 27.4 Å². The summed E-state index contributed by atoms with van der Waals surface area (Å²) in [5, 5.41) is 6.37. The highest BCUT2D eigenvalue weighted by Gasteiger charge is 2.57. The summed E-state index contributed by atoms with van der Waals surface area (Å²) in [4.78, 5) is 30.6. The van der Waals surface area contributed by atoms with Crippen molar-refractivity contribution in [3.63, 3.8) is 0 Å². The van der Waals surface area contributed by atoms with Crippen molar-refractivity contribution < 1.29 is 14.3 Å². The topological polar surface area (TPSA) is 73.9 Å². The van der Waals surface area contributed by atoms with Crippen molar-refractivity contribution in [2.24, 2.45) is 17.8 Å². The first-order valence-corrected chi connectivity index (χ1v) is 11.9. The third-order valence-corrected chi connectivity index (χ3v) is 7.94. The number of nitrogens with zero attached hydrogens (tertiary/aromatic N) is 2. The molecule has 6 rings (SSSR count). The van der Waals surface area contributed by atoms with E-state index < -0.39 is 5.72 Å². The Kier molecular flexibility index (Phi) is 5.65. The lowest BCUT2D eigenvalue weighted by molar-refractivity contribution is -0.146. The Morgan fingerprint density at radius 3 is 2.71 bits per heavy atom. The minimum atomic E-state index is -0.649. The van der Waals surface area contributed by atoms with Crippen LogP contribution in [0.1, 0.15) is 43.0 Å². The molecule has 3 aliphatic carbocycles. The van der Waals surface area contributed by atoms with Crippen LogP contribution < -0.4 is 15.4 Å². The molecule has 1 saturated heterocycles. The monoisotopic (exact) mass is 426 g/mol. The second kappa shape index (κ2) is 8.43. The number of hydrogen-bond donors (Lipinski definition) is 2. The van der Waals surface area contributed by atoms with Crippen molar-refractivity contribution in [2.75, 3.05) is 45.8 Å². The number of rotatable bonds is 5. The van der Waals surface area contributed by atoms with E-state index >= 15 is 0 Å². The Bertz CT molecular complexity index is 838. The number of piperazine rings is 1. The fraction of sp³-hybridized carbons (Fsp3) is 0.667. The van der Waals surface area contributed by atoms with Crippen LogP contribution in [-0.4, -0.2) is 73.2 Å². The van der Waals surface area contributed by atoms with Gasteiger partial charge in [-0.3, -0.25) is 14.5 Å². The molecule has 0 aromatic heterocycles. The first-order valence-electron chi connectivity index (χ1n) is 11.9. The molecule has 4 unspecified atom stereocenters. The molecule has 7 nitrogen and oxygen atoms in total. The van der Waals surface area contributed by atoms with Gasteiger partial charge < -0.3 is 20.3 Å². The number of hydrogen-bond acceptors (Lipinski definition) is 5. The number of fused-ring (bicyclic) bond motifs is 3. The number of carbonyl (C=O) groups is 2. The SMILES string of the molecule is CCN1CCN(CCNC(=O)C2CC3CCC2CC32NC(=O)c3ccccc3O2)CC1. The second-order valence-corrected chi connectivity index (χ2v) is 9.59. The summed E-state index contributed by atoms with van der Waals surface area (Å²) in [5.41, 5.74) is -0.0481. The fourth-order valence-corrected chi connectivity index (χ4v) is 6.08. The largest absolute Gasteiger partial charge is 0.467 e. The maximum Gasteiger partial charge on any atom is 0.258 e. The Morgan fingerprint density at radius 1 is 1.19 bits per heavy atom. The lowest BCUT2D eigenvalue weighted by Crippen LogP contribution is -2.67. The summed E-state index contributed by atoms with van der Waals surface area (Å²) in [6.07, 6.45) is 3.53. The molecule has 2 amide bonds. The number of likely N-dealkylation sites (N-methyl/N-ethyl adjacent to an activating group) is 1. The number of nitrogens with one attached hydrogen (secondary N) is 2. The van der Waals surface area contributed by atoms with Gasteiger partial charge in [-0.25, -0.2) is 0 Å². The highest BCUT2D eigenvalue weighted by atomic mass is 16.5. The molecule has 4 fully saturated rings. The standard InChI is InChI=1S/C24H34N4O3/c1-2-27-11-13-28(14-12-27)10-9-25-22(29)20-15-18-8-7-17(20)16-24(18)26-23(30)19-5-3-4-6-21(19)31-24/h3-6,17-18,20H,2,7-16H2,1H3,(H,25,29)(H,26,30). The first kappa shape index (κ1) is 20.8. The van der Waals surface area contributed by atoms with Gasteiger partial charge in [-0.05, 0) is 43.9 Å². The van der Waals surface area contributed by atoms with Crippen LogP contribution in [0.4, 0.5) is 0 Å². The van der Waals surface area contributed by atoms with Gasteiger partial charge in [0.15, 0.2) is 5.72 Å². The number of amides is 2. The quantitative estimate of drug-likeness (QED) is 0.750. The van der Waals surface area contributed by atoms with Gasteiger partial charge in [0, 0.05) is 57.5 Å². The van der Waals surface area contributed by atoms with Crippen LogP contribution >= 0.6 is 0 Å². The van der Waals surface area contributed by atoms with Gasteiger partial charge in [0.2, 0.25) is 5.91 Å². The Labute approximate surface area is 184 Å². The molecule has 2 aliphatic heterocycles. The van der Waals surface area contributed by atoms with Crippen molar-refractivity contribution in [3.8, 4) is 5.75 Å². The number of ether oxygens (including phenoxy) is 1. The molecule has 1 aromatic carbocycles. The van der Waals surface area contributed by atoms with E-state index in [0.717, 1.165) is 65.0 Å². The van der Waals surface area contributed by atoms with E-state index in [9.17, 15) is 9.59 Å². The van der Waals surface area contributed by atoms with Gasteiger partial charge in [0.05, 0.1) is 5.56 Å². The van der Waals surface area contributed by atoms with Crippen molar-refractivity contribution in [2.45, 2.75) is 38.3 Å². The number of para-hydroxylation sites is 1. The summed E-state index contributed by atoms with van der Waals surface area (Å²) in [7, 11) is 0. The van der Waals surface area contributed by atoms with Gasteiger partial charge in [-0.1, -0.05) is 19.1 Å². The second-order valence-electron chi connectivity index (χ2n) is 9.59. The third kappa shape index (κ3) is 3.94. The van der Waals surface area contributed by atoms with Crippen LogP contribution in [-0.2, 0) is 4.79 Å². The maximum absolute atomic E-state index is 13.0. The van der Waals surface area contributed by atoms with Crippen LogP contribution in [0, 0.1) is 17.8 Å². The number of benzene rings is 1. The Hall–Kier alpha value is -2.12. The van der Waals surface area contributed by atoms with Crippen molar-refractivity contribution in [1.29, 1.82) is 0 Å². The zero-order valence-corrected chi connectivity index (χ0v) is 18.4. The predicted octanol–water partition coefficient (Wildman–Crippen LogP) is 1.70. The molecule has 0 radical (unpaired) electrons. The molecule has 31 heavy (non-hydrogen) atoms. The van der Waals surface area contributed by atoms with E-state index in [1.807, 2.05) is 18.2 Å². The minimum absolute atomic E-state index is 0.0268. The van der Waals surface area contributed by atoms with Crippen LogP contribution in [0.3, 0.4) is 0 Å². The normalized spacial score (nSPS) is 32.9. The van der Waals surface area contributed by atoms with E-state index in [1.54, 1.807) is 6.07 Å². The summed E-state index contributed by atoms with van der Waals surface area (Å²) in [6, 6.07) is 7.45. The predicted molar refractivity (Wildman–Crippen MR) is 118 cm³/mol. The molecule has 5 aliphatic rings. The summed E-state index contributed by atoms with van der Waals surface area (Å²) >= 11 is 0. The third-order valence-electron chi connectivity index (χ3n) is 7.94. The molecule has 3 saturated carbocycles. The van der Waals surface area contributed by atoms with E-state index in [-0.39, 0.29) is 29.6 Å². The lowest BCUT2D eigenvalue weighted by Gasteiger charge is -2.55. The van der Waals surface area contributed by atoms with E-state index in [4.69, 9.17) is 4.74 Å². The average Bonchev–Trinajstić information content (AvgIpc) is 2.79. The average molecular weight is 427 g/mol. The minimum Gasteiger partial charge on any atom is -0.467 e. The Morgan fingerprint density at radius 2 is 1.97 bits per heavy atom. The zero-order chi connectivity index (χ0) is 21.4. The van der Waals surface area contributed by atoms with Crippen LogP contribution in [0.5, 0.6) is 5.75 Å². The molecule has 1 spiro atoms. The Balaban J connectivity index is 1.16. The smallest absolute Gasteiger partial charge is 0.258 e. The molecule has 4 atom stereocenters. The zero-order valence-electron chi connectivity index (χ0n) is 18.4. The molecule has 168 valence electrons. The highest BCUT2D eigenvalue weighted by molar-refractivity contribution is 5.98. The van der Waals surface area contributed by atoms with Gasteiger partial charge in [-0.2, -0.15) is 0 Å². The van der Waals surface area contributed by atoms with Crippen LogP contribution in [0.25, 0.3) is 0 Å². The van der Waals surface area contributed by atoms with Crippen LogP contribution in [0.15, 0.2) is 24.3 Å². The first-order chi connectivity index (χ1) is 15.1. The molecule has 2 heterocycles. The highest BCUT2D eigenvalue weighted by Crippen LogP contribution is 2.52. The van der Waals surface area contributed by atoms with Crippen molar-refractivity contribution in [3.05, 3.63) is 29.8 Å². The summed E-state index contributed by atoms with van der Waals surface area (Å²) in [5.74, 6) is 1.25. The molecule has 1 aromatic rings. The molecular formula is C24H34N4O3. The fourth-order valence-electron chi connectivity index (χ4n) is 6.08. The van der Waals surface area contributed by atoms with Gasteiger partial charge >= 0.3 is 0 Å². The maximum atomic E-state index is 13.0. The van der Waals surface area contributed by atoms with Crippen LogP contribution in [0.2, 0.25) is 0 Å². The van der Waals surface area contributed by atoms with E-state index in [1.165, 1.54) is 0 Å². The molecule has 2 bridgehead atoms.